The Bertz CT molecular complexity index is 719. The van der Waals surface area contributed by atoms with Gasteiger partial charge in [-0.1, -0.05) is 176 Å². The van der Waals surface area contributed by atoms with Crippen molar-refractivity contribution in [2.24, 2.45) is 11.8 Å². The van der Waals surface area contributed by atoms with E-state index in [1.807, 2.05) is 0 Å². The highest BCUT2D eigenvalue weighted by molar-refractivity contribution is 5.71. The molecule has 0 fully saturated rings. The highest BCUT2D eigenvalue weighted by atomic mass is 16.6. The van der Waals surface area contributed by atoms with Gasteiger partial charge < -0.3 is 14.2 Å². The number of carbonyl (C=O) groups excluding carboxylic acids is 3. The molecule has 6 nitrogen and oxygen atoms in total. The summed E-state index contributed by atoms with van der Waals surface area (Å²) in [5.74, 6) is 0.684. The van der Waals surface area contributed by atoms with Crippen LogP contribution in [0.1, 0.15) is 214 Å². The fraction of sp³-hybridized carbons (Fsp3) is 0.927. The van der Waals surface area contributed by atoms with E-state index in [0.29, 0.717) is 19.3 Å². The van der Waals surface area contributed by atoms with E-state index in [1.54, 1.807) is 0 Å². The summed E-state index contributed by atoms with van der Waals surface area (Å²) in [6.07, 6.45) is 29.6. The average molecular weight is 667 g/mol. The van der Waals surface area contributed by atoms with Crippen molar-refractivity contribution in [1.82, 2.24) is 0 Å². The highest BCUT2D eigenvalue weighted by Crippen LogP contribution is 2.15. The van der Waals surface area contributed by atoms with Gasteiger partial charge >= 0.3 is 17.9 Å². The smallest absolute Gasteiger partial charge is 0.306 e. The van der Waals surface area contributed by atoms with Crippen LogP contribution in [0.25, 0.3) is 0 Å². The van der Waals surface area contributed by atoms with Crippen molar-refractivity contribution in [1.29, 1.82) is 0 Å². The zero-order valence-corrected chi connectivity index (χ0v) is 31.9. The fourth-order valence-electron chi connectivity index (χ4n) is 5.87. The summed E-state index contributed by atoms with van der Waals surface area (Å²) in [5, 5.41) is 0. The second-order valence-corrected chi connectivity index (χ2v) is 14.9. The molecular formula is C41H78O6. The quantitative estimate of drug-likeness (QED) is 0.0380. The van der Waals surface area contributed by atoms with Crippen LogP contribution in [0.15, 0.2) is 0 Å². The molecular weight excluding hydrogens is 588 g/mol. The third kappa shape index (κ3) is 35.5. The molecule has 278 valence electrons. The van der Waals surface area contributed by atoms with Gasteiger partial charge in [0.1, 0.15) is 13.2 Å². The van der Waals surface area contributed by atoms with Gasteiger partial charge in [0.2, 0.25) is 0 Å². The van der Waals surface area contributed by atoms with Gasteiger partial charge in [0.15, 0.2) is 6.10 Å². The molecule has 0 aromatic rings. The van der Waals surface area contributed by atoms with Gasteiger partial charge in [-0.25, -0.2) is 0 Å². The largest absolute Gasteiger partial charge is 0.462 e. The van der Waals surface area contributed by atoms with Crippen molar-refractivity contribution >= 4 is 17.9 Å². The summed E-state index contributed by atoms with van der Waals surface area (Å²) in [6, 6.07) is 0. The lowest BCUT2D eigenvalue weighted by molar-refractivity contribution is -0.167. The van der Waals surface area contributed by atoms with Gasteiger partial charge in [-0.15, -0.1) is 0 Å². The third-order valence-electron chi connectivity index (χ3n) is 8.97. The summed E-state index contributed by atoms with van der Waals surface area (Å²) in [5.41, 5.74) is 0. The van der Waals surface area contributed by atoms with E-state index in [1.165, 1.54) is 103 Å². The number of rotatable bonds is 35. The summed E-state index contributed by atoms with van der Waals surface area (Å²) in [4.78, 5) is 37.4. The first-order valence-electron chi connectivity index (χ1n) is 20.2. The molecule has 0 aliphatic carbocycles. The Labute approximate surface area is 291 Å². The SMILES string of the molecule is CCCCCCCCCCCC(=O)OC[C@H](COC(=O)CCCCCCCCC(C)C)OC(=O)CCCCCCCCCCC(C)C. The third-order valence-corrected chi connectivity index (χ3v) is 8.97. The lowest BCUT2D eigenvalue weighted by Gasteiger charge is -2.18. The minimum Gasteiger partial charge on any atom is -0.462 e. The van der Waals surface area contributed by atoms with E-state index >= 15 is 0 Å². The van der Waals surface area contributed by atoms with Gasteiger partial charge in [-0.05, 0) is 31.1 Å². The van der Waals surface area contributed by atoms with Crippen LogP contribution in [0.2, 0.25) is 0 Å². The molecule has 6 heteroatoms. The number of ether oxygens (including phenoxy) is 3. The average Bonchev–Trinajstić information content (AvgIpc) is 3.03. The number of unbranched alkanes of at least 4 members (excludes halogenated alkanes) is 20. The van der Waals surface area contributed by atoms with E-state index in [-0.39, 0.29) is 31.1 Å². The van der Waals surface area contributed by atoms with Crippen molar-refractivity contribution < 1.29 is 28.6 Å². The number of esters is 3. The van der Waals surface area contributed by atoms with Crippen molar-refractivity contribution in [2.45, 2.75) is 221 Å². The lowest BCUT2D eigenvalue weighted by Crippen LogP contribution is -2.30. The first kappa shape index (κ1) is 45.4. The van der Waals surface area contributed by atoms with Crippen LogP contribution < -0.4 is 0 Å². The van der Waals surface area contributed by atoms with Crippen LogP contribution in [0.3, 0.4) is 0 Å². The topological polar surface area (TPSA) is 78.9 Å². The van der Waals surface area contributed by atoms with E-state index in [0.717, 1.165) is 69.6 Å². The van der Waals surface area contributed by atoms with Gasteiger partial charge in [-0.3, -0.25) is 14.4 Å². The Balaban J connectivity index is 4.36. The van der Waals surface area contributed by atoms with E-state index in [4.69, 9.17) is 14.2 Å². The Hall–Kier alpha value is -1.59. The summed E-state index contributed by atoms with van der Waals surface area (Å²) in [7, 11) is 0. The van der Waals surface area contributed by atoms with Crippen LogP contribution in [0.4, 0.5) is 0 Å². The maximum absolute atomic E-state index is 12.6. The van der Waals surface area contributed by atoms with Gasteiger partial charge in [0, 0.05) is 19.3 Å². The van der Waals surface area contributed by atoms with Crippen molar-refractivity contribution in [3.05, 3.63) is 0 Å². The van der Waals surface area contributed by atoms with E-state index in [9.17, 15) is 14.4 Å². The summed E-state index contributed by atoms with van der Waals surface area (Å²) >= 11 is 0. The molecule has 0 aromatic carbocycles. The monoisotopic (exact) mass is 667 g/mol. The first-order chi connectivity index (χ1) is 22.7. The molecule has 0 heterocycles. The first-order valence-corrected chi connectivity index (χ1v) is 20.2. The molecule has 1 atom stereocenters. The molecule has 47 heavy (non-hydrogen) atoms. The Morgan fingerprint density at radius 2 is 0.702 bits per heavy atom. The predicted octanol–water partition coefficient (Wildman–Crippen LogP) is 12.2. The zero-order valence-electron chi connectivity index (χ0n) is 31.9. The summed E-state index contributed by atoms with van der Waals surface area (Å²) in [6.45, 7) is 11.2. The van der Waals surface area contributed by atoms with Crippen LogP contribution >= 0.6 is 0 Å². The molecule has 0 spiro atoms. The predicted molar refractivity (Wildman–Crippen MR) is 196 cm³/mol. The molecule has 0 radical (unpaired) electrons. The number of hydrogen-bond donors (Lipinski definition) is 0. The van der Waals surface area contributed by atoms with Crippen molar-refractivity contribution in [3.8, 4) is 0 Å². The molecule has 0 amide bonds. The summed E-state index contributed by atoms with van der Waals surface area (Å²) < 4.78 is 16.6. The Morgan fingerprint density at radius 3 is 1.04 bits per heavy atom. The minimum absolute atomic E-state index is 0.0670. The Morgan fingerprint density at radius 1 is 0.404 bits per heavy atom. The second-order valence-electron chi connectivity index (χ2n) is 14.9. The maximum Gasteiger partial charge on any atom is 0.306 e. The van der Waals surface area contributed by atoms with Gasteiger partial charge in [0.05, 0.1) is 0 Å². The Kier molecular flexibility index (Phi) is 33.1. The molecule has 0 rings (SSSR count). The van der Waals surface area contributed by atoms with Gasteiger partial charge in [-0.2, -0.15) is 0 Å². The molecule has 0 unspecified atom stereocenters. The van der Waals surface area contributed by atoms with Crippen molar-refractivity contribution in [2.75, 3.05) is 13.2 Å². The molecule has 0 aromatic heterocycles. The molecule has 0 saturated heterocycles. The normalized spacial score (nSPS) is 12.1. The number of hydrogen-bond acceptors (Lipinski definition) is 6. The second kappa shape index (κ2) is 34.3. The molecule has 0 saturated carbocycles. The van der Waals surface area contributed by atoms with E-state index < -0.39 is 6.10 Å². The molecule has 0 bridgehead atoms. The van der Waals surface area contributed by atoms with Crippen LogP contribution in [-0.4, -0.2) is 37.2 Å². The lowest BCUT2D eigenvalue weighted by atomic mass is 10.0. The maximum atomic E-state index is 12.6. The fourth-order valence-corrected chi connectivity index (χ4v) is 5.87. The highest BCUT2D eigenvalue weighted by Gasteiger charge is 2.19. The van der Waals surface area contributed by atoms with Crippen LogP contribution in [0.5, 0.6) is 0 Å². The minimum atomic E-state index is -0.759. The number of carbonyl (C=O) groups is 3. The standard InChI is InChI=1S/C41H78O6/c1-6-7-8-9-10-11-15-21-26-31-39(42)45-34-38(35-46-40(43)32-27-22-18-17-20-25-30-37(4)5)47-41(44)33-28-23-16-13-12-14-19-24-29-36(2)3/h36-38H,6-35H2,1-5H3/t38-/m1/s1. The van der Waals surface area contributed by atoms with Crippen LogP contribution in [0, 0.1) is 11.8 Å². The van der Waals surface area contributed by atoms with Crippen LogP contribution in [-0.2, 0) is 28.6 Å². The van der Waals surface area contributed by atoms with Crippen molar-refractivity contribution in [3.63, 3.8) is 0 Å². The van der Waals surface area contributed by atoms with E-state index in [2.05, 4.69) is 34.6 Å². The zero-order chi connectivity index (χ0) is 34.8. The van der Waals surface area contributed by atoms with Gasteiger partial charge in [0.25, 0.3) is 0 Å². The molecule has 0 aliphatic rings. The molecule has 0 N–H and O–H groups in total. The molecule has 0 aliphatic heterocycles.